The number of nitrogens with zero attached hydrogens (tertiary/aromatic N) is 3. The Morgan fingerprint density at radius 1 is 1.12 bits per heavy atom. The molecular formula is C19H25F2N3O. The van der Waals surface area contributed by atoms with E-state index in [1.165, 1.54) is 5.69 Å². The first-order valence-electron chi connectivity index (χ1n) is 8.70. The number of fused-ring (bicyclic) bond motifs is 1. The van der Waals surface area contributed by atoms with Gasteiger partial charge in [0.2, 0.25) is 0 Å². The molecule has 1 aliphatic rings. The van der Waals surface area contributed by atoms with Gasteiger partial charge in [-0.15, -0.1) is 0 Å². The highest BCUT2D eigenvalue weighted by molar-refractivity contribution is 5.30. The Labute approximate surface area is 147 Å². The SMILES string of the molecule is CC(C)c1nc2c(n1C)CCN(C(C)c1ccc(OC(F)F)cc1)C2. The van der Waals surface area contributed by atoms with Crippen LogP contribution in [0.3, 0.4) is 0 Å². The standard InChI is InChI=1S/C19H25F2N3O/c1-12(2)18-22-16-11-24(10-9-17(16)23(18)4)13(3)14-5-7-15(8-6-14)25-19(20)21/h5-8,12-13,19H,9-11H2,1-4H3. The monoisotopic (exact) mass is 349 g/mol. The summed E-state index contributed by atoms with van der Waals surface area (Å²) in [4.78, 5) is 7.22. The predicted octanol–water partition coefficient (Wildman–Crippen LogP) is 4.26. The normalized spacial score (nSPS) is 16.3. The number of halogens is 2. The van der Waals surface area contributed by atoms with Crippen molar-refractivity contribution in [2.45, 2.75) is 52.3 Å². The predicted molar refractivity (Wildman–Crippen MR) is 92.9 cm³/mol. The Bertz CT molecular complexity index is 725. The molecule has 0 aliphatic carbocycles. The number of aromatic nitrogens is 2. The lowest BCUT2D eigenvalue weighted by molar-refractivity contribution is -0.0498. The van der Waals surface area contributed by atoms with Crippen molar-refractivity contribution in [2.24, 2.45) is 7.05 Å². The molecule has 4 nitrogen and oxygen atoms in total. The average Bonchev–Trinajstić information content (AvgIpc) is 2.91. The smallest absolute Gasteiger partial charge is 0.387 e. The van der Waals surface area contributed by atoms with Crippen LogP contribution < -0.4 is 4.74 Å². The van der Waals surface area contributed by atoms with Gasteiger partial charge < -0.3 is 9.30 Å². The quantitative estimate of drug-likeness (QED) is 0.808. The molecule has 2 aromatic rings. The molecule has 3 rings (SSSR count). The second-order valence-corrected chi connectivity index (χ2v) is 6.92. The van der Waals surface area contributed by atoms with E-state index in [0.29, 0.717) is 5.92 Å². The van der Waals surface area contributed by atoms with Gasteiger partial charge in [-0.1, -0.05) is 26.0 Å². The first kappa shape index (κ1) is 17.9. The van der Waals surface area contributed by atoms with Crippen LogP contribution in [0, 0.1) is 0 Å². The zero-order chi connectivity index (χ0) is 18.1. The van der Waals surface area contributed by atoms with Gasteiger partial charge in [-0.05, 0) is 24.6 Å². The summed E-state index contributed by atoms with van der Waals surface area (Å²) < 4.78 is 31.2. The minimum Gasteiger partial charge on any atom is -0.435 e. The maximum absolute atomic E-state index is 12.3. The summed E-state index contributed by atoms with van der Waals surface area (Å²) in [7, 11) is 2.10. The fourth-order valence-electron chi connectivity index (χ4n) is 3.55. The van der Waals surface area contributed by atoms with Crippen molar-refractivity contribution in [2.75, 3.05) is 6.54 Å². The van der Waals surface area contributed by atoms with Crippen LogP contribution in [-0.2, 0) is 20.0 Å². The molecule has 1 unspecified atom stereocenters. The van der Waals surface area contributed by atoms with Crippen LogP contribution in [0.25, 0.3) is 0 Å². The average molecular weight is 349 g/mol. The van der Waals surface area contributed by atoms with E-state index >= 15 is 0 Å². The van der Waals surface area contributed by atoms with Gasteiger partial charge in [0.1, 0.15) is 11.6 Å². The summed E-state index contributed by atoms with van der Waals surface area (Å²) in [5.74, 6) is 1.73. The molecule has 0 N–H and O–H groups in total. The van der Waals surface area contributed by atoms with Crippen LogP contribution in [0.1, 0.15) is 55.5 Å². The van der Waals surface area contributed by atoms with E-state index in [1.54, 1.807) is 12.1 Å². The molecule has 0 spiro atoms. The number of alkyl halides is 2. The summed E-state index contributed by atoms with van der Waals surface area (Å²) in [5, 5.41) is 0. The number of rotatable bonds is 5. The Balaban J connectivity index is 1.74. The van der Waals surface area contributed by atoms with E-state index in [1.807, 2.05) is 12.1 Å². The van der Waals surface area contributed by atoms with Crippen molar-refractivity contribution < 1.29 is 13.5 Å². The van der Waals surface area contributed by atoms with E-state index in [4.69, 9.17) is 4.98 Å². The largest absolute Gasteiger partial charge is 0.435 e. The third-order valence-corrected chi connectivity index (χ3v) is 4.97. The molecule has 0 amide bonds. The van der Waals surface area contributed by atoms with E-state index in [9.17, 15) is 8.78 Å². The maximum atomic E-state index is 12.3. The number of imidazole rings is 1. The highest BCUT2D eigenvalue weighted by Gasteiger charge is 2.26. The van der Waals surface area contributed by atoms with Crippen molar-refractivity contribution in [3.05, 3.63) is 47.0 Å². The first-order valence-corrected chi connectivity index (χ1v) is 8.70. The van der Waals surface area contributed by atoms with Gasteiger partial charge in [-0.3, -0.25) is 4.90 Å². The maximum Gasteiger partial charge on any atom is 0.387 e. The van der Waals surface area contributed by atoms with E-state index in [2.05, 4.69) is 42.0 Å². The highest BCUT2D eigenvalue weighted by Crippen LogP contribution is 2.30. The summed E-state index contributed by atoms with van der Waals surface area (Å²) in [5.41, 5.74) is 3.57. The molecule has 1 aromatic carbocycles. The van der Waals surface area contributed by atoms with Crippen LogP contribution in [0.15, 0.2) is 24.3 Å². The van der Waals surface area contributed by atoms with Gasteiger partial charge in [0.25, 0.3) is 0 Å². The van der Waals surface area contributed by atoms with Gasteiger partial charge in [-0.25, -0.2) is 4.98 Å². The Morgan fingerprint density at radius 3 is 2.40 bits per heavy atom. The zero-order valence-corrected chi connectivity index (χ0v) is 15.2. The van der Waals surface area contributed by atoms with Gasteiger partial charge in [0.05, 0.1) is 5.69 Å². The minimum atomic E-state index is -2.79. The molecule has 2 heterocycles. The van der Waals surface area contributed by atoms with Gasteiger partial charge in [0.15, 0.2) is 0 Å². The summed E-state index contributed by atoms with van der Waals surface area (Å²) >= 11 is 0. The summed E-state index contributed by atoms with van der Waals surface area (Å²) in [6.07, 6.45) is 0.975. The molecule has 1 atom stereocenters. The molecule has 136 valence electrons. The van der Waals surface area contributed by atoms with Crippen LogP contribution >= 0.6 is 0 Å². The minimum absolute atomic E-state index is 0.193. The van der Waals surface area contributed by atoms with Crippen LogP contribution in [-0.4, -0.2) is 27.6 Å². The van der Waals surface area contributed by atoms with Crippen LogP contribution in [0.5, 0.6) is 5.75 Å². The fourth-order valence-corrected chi connectivity index (χ4v) is 3.55. The van der Waals surface area contributed by atoms with E-state index in [0.717, 1.165) is 36.6 Å². The van der Waals surface area contributed by atoms with Gasteiger partial charge >= 0.3 is 6.61 Å². The van der Waals surface area contributed by atoms with Gasteiger partial charge in [0, 0.05) is 44.2 Å². The molecule has 0 radical (unpaired) electrons. The van der Waals surface area contributed by atoms with Crippen LogP contribution in [0.4, 0.5) is 8.78 Å². The molecule has 0 saturated carbocycles. The third-order valence-electron chi connectivity index (χ3n) is 4.97. The lowest BCUT2D eigenvalue weighted by atomic mass is 10.0. The number of hydrogen-bond donors (Lipinski definition) is 0. The number of benzene rings is 1. The summed E-state index contributed by atoms with van der Waals surface area (Å²) in [6.45, 7) is 5.45. The molecule has 0 saturated heterocycles. The number of ether oxygens (including phenoxy) is 1. The molecule has 0 bridgehead atoms. The Hall–Kier alpha value is -1.95. The van der Waals surface area contributed by atoms with Crippen molar-refractivity contribution in [3.8, 4) is 5.75 Å². The lowest BCUT2D eigenvalue weighted by Gasteiger charge is -2.32. The third kappa shape index (κ3) is 3.68. The van der Waals surface area contributed by atoms with Crippen molar-refractivity contribution >= 4 is 0 Å². The van der Waals surface area contributed by atoms with Crippen LogP contribution in [0.2, 0.25) is 0 Å². The van der Waals surface area contributed by atoms with Crippen molar-refractivity contribution in [1.82, 2.24) is 14.5 Å². The number of hydrogen-bond acceptors (Lipinski definition) is 3. The van der Waals surface area contributed by atoms with Crippen molar-refractivity contribution in [3.63, 3.8) is 0 Å². The molecular weight excluding hydrogens is 324 g/mol. The van der Waals surface area contributed by atoms with E-state index in [-0.39, 0.29) is 11.8 Å². The lowest BCUT2D eigenvalue weighted by Crippen LogP contribution is -2.33. The zero-order valence-electron chi connectivity index (χ0n) is 15.2. The Kier molecular flexibility index (Phi) is 5.08. The van der Waals surface area contributed by atoms with Gasteiger partial charge in [-0.2, -0.15) is 8.78 Å². The topological polar surface area (TPSA) is 30.3 Å². The summed E-state index contributed by atoms with van der Waals surface area (Å²) in [6, 6.07) is 7.11. The second kappa shape index (κ2) is 7.12. The first-order chi connectivity index (χ1) is 11.9. The molecule has 1 aromatic heterocycles. The molecule has 1 aliphatic heterocycles. The molecule has 0 fully saturated rings. The fraction of sp³-hybridized carbons (Fsp3) is 0.526. The molecule has 6 heteroatoms. The molecule has 25 heavy (non-hydrogen) atoms. The Morgan fingerprint density at radius 2 is 1.80 bits per heavy atom. The highest BCUT2D eigenvalue weighted by atomic mass is 19.3. The van der Waals surface area contributed by atoms with Crippen molar-refractivity contribution in [1.29, 1.82) is 0 Å². The second-order valence-electron chi connectivity index (χ2n) is 6.92. The van der Waals surface area contributed by atoms with E-state index < -0.39 is 6.61 Å².